The summed E-state index contributed by atoms with van der Waals surface area (Å²) in [6.45, 7) is 6.38. The van der Waals surface area contributed by atoms with Crippen LogP contribution >= 0.6 is 15.9 Å². The molecule has 0 N–H and O–H groups in total. The van der Waals surface area contributed by atoms with Gasteiger partial charge in [-0.1, -0.05) is 17.2 Å². The average molecular weight is 355 g/mol. The fraction of sp³-hybridized carbons (Fsp3) is 0.353. The second-order valence-corrected chi connectivity index (χ2v) is 5.95. The summed E-state index contributed by atoms with van der Waals surface area (Å²) in [5.74, 6) is -0.858. The van der Waals surface area contributed by atoms with Crippen LogP contribution in [0.1, 0.15) is 44.0 Å². The maximum Gasteiger partial charge on any atom is 0.339 e. The van der Waals surface area contributed by atoms with Crippen LogP contribution in [0.4, 0.5) is 4.39 Å². The van der Waals surface area contributed by atoms with Crippen molar-refractivity contribution in [2.45, 2.75) is 33.6 Å². The predicted molar refractivity (Wildman–Crippen MR) is 86.8 cm³/mol. The minimum atomic E-state index is -0.463. The maximum atomic E-state index is 12.9. The van der Waals surface area contributed by atoms with Gasteiger partial charge in [-0.25, -0.2) is 9.18 Å². The fourth-order valence-electron chi connectivity index (χ4n) is 1.68. The van der Waals surface area contributed by atoms with E-state index in [2.05, 4.69) is 35.9 Å². The first-order valence-corrected chi connectivity index (χ1v) is 7.60. The summed E-state index contributed by atoms with van der Waals surface area (Å²) in [4.78, 5) is 11.8. The van der Waals surface area contributed by atoms with E-state index in [1.165, 1.54) is 29.3 Å². The Morgan fingerprint density at radius 2 is 2.00 bits per heavy atom. The number of hydrogen-bond donors (Lipinski definition) is 0. The van der Waals surface area contributed by atoms with E-state index in [9.17, 15) is 9.18 Å². The Morgan fingerprint density at radius 3 is 2.62 bits per heavy atom. The number of esters is 1. The number of halogens is 2. The van der Waals surface area contributed by atoms with E-state index in [0.717, 1.165) is 12.8 Å². The van der Waals surface area contributed by atoms with Gasteiger partial charge in [-0.2, -0.15) is 0 Å². The van der Waals surface area contributed by atoms with Gasteiger partial charge in [-0.3, -0.25) is 0 Å². The highest BCUT2D eigenvalue weighted by atomic mass is 79.9. The van der Waals surface area contributed by atoms with E-state index >= 15 is 0 Å². The third-order valence-corrected chi connectivity index (χ3v) is 3.54. The lowest BCUT2D eigenvalue weighted by molar-refractivity contribution is 0.0547. The average Bonchev–Trinajstić information content (AvgIpc) is 2.37. The third kappa shape index (κ3) is 6.71. The minimum Gasteiger partial charge on any atom is -0.458 e. The van der Waals surface area contributed by atoms with Crippen LogP contribution in [-0.2, 0) is 4.74 Å². The van der Waals surface area contributed by atoms with Gasteiger partial charge in [0.25, 0.3) is 0 Å². The highest BCUT2D eigenvalue weighted by Crippen LogP contribution is 2.19. The zero-order chi connectivity index (χ0) is 15.8. The molecule has 0 fully saturated rings. The van der Waals surface area contributed by atoms with Crippen LogP contribution in [0.3, 0.4) is 0 Å². The highest BCUT2D eigenvalue weighted by molar-refractivity contribution is 9.10. The molecule has 0 aliphatic heterocycles. The second-order valence-electron chi connectivity index (χ2n) is 5.09. The Balaban J connectivity index is 2.47. The van der Waals surface area contributed by atoms with Crippen molar-refractivity contribution in [2.75, 3.05) is 6.61 Å². The van der Waals surface area contributed by atoms with Crippen molar-refractivity contribution >= 4 is 21.9 Å². The Hall–Kier alpha value is -1.42. The summed E-state index contributed by atoms with van der Waals surface area (Å²) < 4.78 is 18.5. The van der Waals surface area contributed by atoms with Crippen LogP contribution in [0.15, 0.2) is 46.0 Å². The van der Waals surface area contributed by atoms with Crippen molar-refractivity contribution in [2.24, 2.45) is 0 Å². The number of rotatable bonds is 6. The molecule has 0 aliphatic carbocycles. The molecule has 0 unspecified atom stereocenters. The van der Waals surface area contributed by atoms with E-state index in [4.69, 9.17) is 4.74 Å². The van der Waals surface area contributed by atoms with Gasteiger partial charge in [0.05, 0.1) is 5.56 Å². The van der Waals surface area contributed by atoms with E-state index < -0.39 is 11.8 Å². The smallest absolute Gasteiger partial charge is 0.339 e. The summed E-state index contributed by atoms with van der Waals surface area (Å²) in [7, 11) is 0. The zero-order valence-electron chi connectivity index (χ0n) is 12.6. The molecule has 0 radical (unpaired) electrons. The first kappa shape index (κ1) is 17.6. The molecule has 4 heteroatoms. The van der Waals surface area contributed by atoms with E-state index in [0.29, 0.717) is 10.0 Å². The largest absolute Gasteiger partial charge is 0.458 e. The van der Waals surface area contributed by atoms with E-state index in [1.54, 1.807) is 0 Å². The molecular weight excluding hydrogens is 335 g/mol. The molecule has 0 saturated heterocycles. The first-order valence-electron chi connectivity index (χ1n) is 6.81. The van der Waals surface area contributed by atoms with Crippen LogP contribution in [0.25, 0.3) is 0 Å². The number of carbonyl (C=O) groups excluding carboxylic acids is 1. The summed E-state index contributed by atoms with van der Waals surface area (Å²) in [6.07, 6.45) is 6.01. The van der Waals surface area contributed by atoms with Gasteiger partial charge in [0.2, 0.25) is 0 Å². The van der Waals surface area contributed by atoms with Gasteiger partial charge < -0.3 is 4.74 Å². The van der Waals surface area contributed by atoms with Crippen LogP contribution < -0.4 is 0 Å². The normalized spacial score (nSPS) is 11.2. The topological polar surface area (TPSA) is 26.3 Å². The molecule has 0 heterocycles. The van der Waals surface area contributed by atoms with Gasteiger partial charge in [-0.15, -0.1) is 0 Å². The molecular formula is C17H20BrFO2. The van der Waals surface area contributed by atoms with Crippen molar-refractivity contribution in [3.8, 4) is 0 Å². The minimum absolute atomic E-state index is 0.226. The molecule has 0 saturated carbocycles. The third-order valence-electron chi connectivity index (χ3n) is 2.89. The van der Waals surface area contributed by atoms with Crippen LogP contribution in [-0.4, -0.2) is 12.6 Å². The van der Waals surface area contributed by atoms with Crippen LogP contribution in [0.5, 0.6) is 0 Å². The molecule has 0 amide bonds. The Bertz CT molecular complexity index is 558. The zero-order valence-corrected chi connectivity index (χ0v) is 14.2. The van der Waals surface area contributed by atoms with Crippen molar-refractivity contribution in [3.05, 3.63) is 57.4 Å². The van der Waals surface area contributed by atoms with Crippen molar-refractivity contribution in [3.63, 3.8) is 0 Å². The Kier molecular flexibility index (Phi) is 7.37. The van der Waals surface area contributed by atoms with E-state index in [1.807, 2.05) is 13.0 Å². The first-order chi connectivity index (χ1) is 9.90. The SMILES string of the molecule is CC(C)=CCC/C(C)=C/COC(=O)c1ccc(F)cc1Br. The maximum absolute atomic E-state index is 12.9. The Labute approximate surface area is 133 Å². The molecule has 1 aromatic carbocycles. The van der Waals surface area contributed by atoms with Crippen LogP contribution in [0.2, 0.25) is 0 Å². The van der Waals surface area contributed by atoms with Gasteiger partial charge in [0, 0.05) is 4.47 Å². The lowest BCUT2D eigenvalue weighted by Crippen LogP contribution is -2.06. The van der Waals surface area contributed by atoms with Crippen LogP contribution in [0, 0.1) is 5.82 Å². The van der Waals surface area contributed by atoms with Gasteiger partial charge in [0.1, 0.15) is 12.4 Å². The standard InChI is InChI=1S/C17H20BrFO2/c1-12(2)5-4-6-13(3)9-10-21-17(20)15-8-7-14(19)11-16(15)18/h5,7-9,11H,4,6,10H2,1-3H3/b13-9+. The lowest BCUT2D eigenvalue weighted by Gasteiger charge is -2.05. The van der Waals surface area contributed by atoms with Gasteiger partial charge in [-0.05, 0) is 73.8 Å². The Morgan fingerprint density at radius 1 is 1.29 bits per heavy atom. The summed E-state index contributed by atoms with van der Waals surface area (Å²) in [5.41, 5.74) is 2.81. The van der Waals surface area contributed by atoms with Crippen molar-refractivity contribution < 1.29 is 13.9 Å². The number of benzene rings is 1. The predicted octanol–water partition coefficient (Wildman–Crippen LogP) is 5.44. The fourth-order valence-corrected chi connectivity index (χ4v) is 2.20. The second kappa shape index (κ2) is 8.78. The molecule has 0 aliphatic rings. The number of ether oxygens (including phenoxy) is 1. The number of allylic oxidation sites excluding steroid dienone is 3. The molecule has 0 aromatic heterocycles. The molecule has 21 heavy (non-hydrogen) atoms. The molecule has 1 aromatic rings. The monoisotopic (exact) mass is 354 g/mol. The van der Waals surface area contributed by atoms with Gasteiger partial charge in [0.15, 0.2) is 0 Å². The highest BCUT2D eigenvalue weighted by Gasteiger charge is 2.11. The summed E-state index contributed by atoms with van der Waals surface area (Å²) >= 11 is 3.15. The van der Waals surface area contributed by atoms with Gasteiger partial charge >= 0.3 is 5.97 Å². The lowest BCUT2D eigenvalue weighted by atomic mass is 10.1. The molecule has 0 spiro atoms. The summed E-state index contributed by atoms with van der Waals surface area (Å²) in [5, 5.41) is 0. The molecule has 1 rings (SSSR count). The quantitative estimate of drug-likeness (QED) is 0.502. The van der Waals surface area contributed by atoms with Crippen molar-refractivity contribution in [1.29, 1.82) is 0 Å². The molecule has 0 atom stereocenters. The van der Waals surface area contributed by atoms with Crippen molar-refractivity contribution in [1.82, 2.24) is 0 Å². The number of carbonyl (C=O) groups is 1. The molecule has 0 bridgehead atoms. The molecule has 2 nitrogen and oxygen atoms in total. The number of hydrogen-bond acceptors (Lipinski definition) is 2. The summed E-state index contributed by atoms with van der Waals surface area (Å²) in [6, 6.07) is 3.89. The molecule has 114 valence electrons. The van der Waals surface area contributed by atoms with E-state index in [-0.39, 0.29) is 6.61 Å².